The monoisotopic (exact) mass is 401 g/mol. The first-order valence-electron chi connectivity index (χ1n) is 9.32. The predicted octanol–water partition coefficient (Wildman–Crippen LogP) is 3.94. The van der Waals surface area contributed by atoms with E-state index in [0.29, 0.717) is 52.9 Å². The molecule has 0 spiro atoms. The van der Waals surface area contributed by atoms with Crippen LogP contribution in [0.15, 0.2) is 33.2 Å². The van der Waals surface area contributed by atoms with Gasteiger partial charge < -0.3 is 13.7 Å². The number of esters is 1. The van der Waals surface area contributed by atoms with E-state index in [1.807, 2.05) is 7.05 Å². The van der Waals surface area contributed by atoms with Crippen molar-refractivity contribution in [2.45, 2.75) is 33.2 Å². The van der Waals surface area contributed by atoms with Gasteiger partial charge in [-0.05, 0) is 51.6 Å². The summed E-state index contributed by atoms with van der Waals surface area (Å²) in [6.45, 7) is 4.78. The smallest absolute Gasteiger partial charge is 0.341 e. The third-order valence-electron chi connectivity index (χ3n) is 4.63. The zero-order valence-corrected chi connectivity index (χ0v) is 17.0. The van der Waals surface area contributed by atoms with Gasteiger partial charge in [0.05, 0.1) is 13.7 Å². The molecule has 1 aromatic carbocycles. The molecule has 0 aliphatic carbocycles. The Balaban J connectivity index is 1.51. The summed E-state index contributed by atoms with van der Waals surface area (Å²) in [5, 5.41) is 3.93. The average molecular weight is 401 g/mol. The predicted molar refractivity (Wildman–Crippen MR) is 104 cm³/mol. The van der Waals surface area contributed by atoms with E-state index in [0.717, 1.165) is 13.0 Å². The Morgan fingerprint density at radius 2 is 2.07 bits per heavy atom. The lowest BCUT2D eigenvalue weighted by molar-refractivity contribution is 0.0599. The van der Waals surface area contributed by atoms with Crippen molar-refractivity contribution in [3.63, 3.8) is 0 Å². The number of methoxy groups -OCH3 is 1. The molecule has 0 fully saturated rings. The largest absolute Gasteiger partial charge is 0.465 e. The highest BCUT2D eigenvalue weighted by atomic mass is 19.1. The van der Waals surface area contributed by atoms with Gasteiger partial charge in [-0.1, -0.05) is 17.3 Å². The minimum Gasteiger partial charge on any atom is -0.465 e. The number of rotatable bonds is 8. The Hall–Kier alpha value is -3.00. The number of carbonyl (C=O) groups excluding carboxylic acids is 1. The molecule has 0 unspecified atom stereocenters. The van der Waals surface area contributed by atoms with E-state index < -0.39 is 5.97 Å². The van der Waals surface area contributed by atoms with Crippen LogP contribution in [0, 0.1) is 19.7 Å². The number of carbonyl (C=O) groups is 1. The fourth-order valence-corrected chi connectivity index (χ4v) is 2.99. The SMILES string of the molecule is COC(=O)c1cc(CN(C)CCCc2nc(-c3ccc(C)c(F)c3)no2)oc1C. The molecule has 2 heterocycles. The van der Waals surface area contributed by atoms with E-state index in [1.165, 1.54) is 13.2 Å². The van der Waals surface area contributed by atoms with Crippen LogP contribution in [-0.2, 0) is 17.7 Å². The lowest BCUT2D eigenvalue weighted by Crippen LogP contribution is -2.19. The Morgan fingerprint density at radius 1 is 1.28 bits per heavy atom. The summed E-state index contributed by atoms with van der Waals surface area (Å²) < 4.78 is 29.4. The van der Waals surface area contributed by atoms with Crippen LogP contribution in [0.3, 0.4) is 0 Å². The summed E-state index contributed by atoms with van der Waals surface area (Å²) in [5.41, 5.74) is 1.61. The van der Waals surface area contributed by atoms with Crippen LogP contribution in [0.25, 0.3) is 11.4 Å². The summed E-state index contributed by atoms with van der Waals surface area (Å²) >= 11 is 0. The summed E-state index contributed by atoms with van der Waals surface area (Å²) in [7, 11) is 3.31. The van der Waals surface area contributed by atoms with Gasteiger partial charge >= 0.3 is 5.97 Å². The molecule has 3 aromatic rings. The summed E-state index contributed by atoms with van der Waals surface area (Å²) in [5.74, 6) is 1.45. The molecule has 0 aliphatic rings. The van der Waals surface area contributed by atoms with E-state index in [1.54, 1.807) is 32.0 Å². The fourth-order valence-electron chi connectivity index (χ4n) is 2.99. The Bertz CT molecular complexity index is 996. The number of benzene rings is 1. The third-order valence-corrected chi connectivity index (χ3v) is 4.63. The minimum absolute atomic E-state index is 0.293. The van der Waals surface area contributed by atoms with Crippen LogP contribution < -0.4 is 0 Å². The van der Waals surface area contributed by atoms with E-state index >= 15 is 0 Å². The molecular weight excluding hydrogens is 377 g/mol. The number of halogens is 1. The number of hydrogen-bond acceptors (Lipinski definition) is 7. The molecule has 0 aliphatic heterocycles. The van der Waals surface area contributed by atoms with Crippen molar-refractivity contribution < 1.29 is 22.9 Å². The fraction of sp³-hybridized carbons (Fsp3) is 0.381. The second kappa shape index (κ2) is 9.00. The summed E-state index contributed by atoms with van der Waals surface area (Å²) in [6, 6.07) is 6.58. The van der Waals surface area contributed by atoms with Gasteiger partial charge in [0.15, 0.2) is 0 Å². The van der Waals surface area contributed by atoms with Crippen LogP contribution in [0.4, 0.5) is 4.39 Å². The van der Waals surface area contributed by atoms with Crippen molar-refractivity contribution in [2.24, 2.45) is 0 Å². The first-order valence-corrected chi connectivity index (χ1v) is 9.32. The van der Waals surface area contributed by atoms with Crippen LogP contribution >= 0.6 is 0 Å². The summed E-state index contributed by atoms with van der Waals surface area (Å²) in [6.07, 6.45) is 1.40. The number of ether oxygens (including phenoxy) is 1. The van der Waals surface area contributed by atoms with Gasteiger partial charge in [0.1, 0.15) is 22.9 Å². The van der Waals surface area contributed by atoms with Crippen LogP contribution in [0.2, 0.25) is 0 Å². The van der Waals surface area contributed by atoms with Crippen molar-refractivity contribution in [1.29, 1.82) is 0 Å². The number of aryl methyl sites for hydroxylation is 3. The molecule has 0 N–H and O–H groups in total. The van der Waals surface area contributed by atoms with Crippen molar-refractivity contribution in [1.82, 2.24) is 15.0 Å². The maximum Gasteiger partial charge on any atom is 0.341 e. The second-order valence-electron chi connectivity index (χ2n) is 6.99. The van der Waals surface area contributed by atoms with Gasteiger partial charge in [0.25, 0.3) is 0 Å². The second-order valence-corrected chi connectivity index (χ2v) is 6.99. The van der Waals surface area contributed by atoms with Crippen LogP contribution in [-0.4, -0.2) is 41.7 Å². The maximum atomic E-state index is 13.7. The Kier molecular flexibility index (Phi) is 6.43. The summed E-state index contributed by atoms with van der Waals surface area (Å²) in [4.78, 5) is 18.1. The Morgan fingerprint density at radius 3 is 2.79 bits per heavy atom. The van der Waals surface area contributed by atoms with Gasteiger partial charge in [-0.25, -0.2) is 9.18 Å². The minimum atomic E-state index is -0.402. The maximum absolute atomic E-state index is 13.7. The van der Waals surface area contributed by atoms with Crippen molar-refractivity contribution in [3.8, 4) is 11.4 Å². The molecule has 8 heteroatoms. The number of hydrogen-bond donors (Lipinski definition) is 0. The first kappa shape index (κ1) is 20.7. The van der Waals surface area contributed by atoms with E-state index in [2.05, 4.69) is 15.0 Å². The number of furan rings is 1. The molecule has 154 valence electrons. The highest BCUT2D eigenvalue weighted by molar-refractivity contribution is 5.90. The number of nitrogens with zero attached hydrogens (tertiary/aromatic N) is 3. The van der Waals surface area contributed by atoms with Crippen LogP contribution in [0.5, 0.6) is 0 Å². The zero-order chi connectivity index (χ0) is 21.0. The van der Waals surface area contributed by atoms with Crippen LogP contribution in [0.1, 0.15) is 39.8 Å². The van der Waals surface area contributed by atoms with E-state index in [-0.39, 0.29) is 5.82 Å². The van der Waals surface area contributed by atoms with Crippen molar-refractivity contribution in [2.75, 3.05) is 20.7 Å². The Labute approximate surface area is 168 Å². The molecule has 3 rings (SSSR count). The first-order chi connectivity index (χ1) is 13.9. The lowest BCUT2D eigenvalue weighted by Gasteiger charge is -2.13. The third kappa shape index (κ3) is 5.08. The standard InChI is InChI=1S/C21H24FN3O4/c1-13-7-8-15(10-18(13)22)20-23-19(29-24-20)6-5-9-25(3)12-16-11-17(14(2)28-16)21(26)27-4/h7-8,10-11H,5-6,9,12H2,1-4H3. The molecular formula is C21H24FN3O4. The van der Waals surface area contributed by atoms with E-state index in [9.17, 15) is 9.18 Å². The normalized spacial score (nSPS) is 11.2. The topological polar surface area (TPSA) is 81.6 Å². The zero-order valence-electron chi connectivity index (χ0n) is 17.0. The molecule has 7 nitrogen and oxygen atoms in total. The molecule has 0 atom stereocenters. The molecule has 0 radical (unpaired) electrons. The quantitative estimate of drug-likeness (QED) is 0.529. The van der Waals surface area contributed by atoms with Crippen molar-refractivity contribution >= 4 is 5.97 Å². The molecule has 0 saturated carbocycles. The van der Waals surface area contributed by atoms with Gasteiger partial charge in [0.2, 0.25) is 11.7 Å². The highest BCUT2D eigenvalue weighted by Gasteiger charge is 2.16. The molecule has 2 aromatic heterocycles. The molecule has 0 bridgehead atoms. The van der Waals surface area contributed by atoms with Gasteiger partial charge in [-0.3, -0.25) is 4.90 Å². The van der Waals surface area contributed by atoms with Gasteiger partial charge in [0, 0.05) is 12.0 Å². The lowest BCUT2D eigenvalue weighted by atomic mass is 10.1. The molecule has 0 amide bonds. The highest BCUT2D eigenvalue weighted by Crippen LogP contribution is 2.20. The molecule has 0 saturated heterocycles. The van der Waals surface area contributed by atoms with Crippen molar-refractivity contribution in [3.05, 3.63) is 58.6 Å². The molecule has 29 heavy (non-hydrogen) atoms. The average Bonchev–Trinajstić information content (AvgIpc) is 3.30. The van der Waals surface area contributed by atoms with Gasteiger partial charge in [-0.2, -0.15) is 4.98 Å². The van der Waals surface area contributed by atoms with Gasteiger partial charge in [-0.15, -0.1) is 0 Å². The van der Waals surface area contributed by atoms with E-state index in [4.69, 9.17) is 13.7 Å². The number of aromatic nitrogens is 2.